The second kappa shape index (κ2) is 6.51. The monoisotopic (exact) mass is 336 g/mol. The standard InChI is InChI=1S/C14H17ClN6O2/c1-10-17-18-13(21(10)12-4-3-11(15)9-16-12)23-14(22)20-7-5-19(2)6-8-20/h3-4,9H,5-8H2,1-2H3. The van der Waals surface area contributed by atoms with Gasteiger partial charge in [0.25, 0.3) is 0 Å². The molecule has 1 aliphatic rings. The molecule has 3 rings (SSSR count). The van der Waals surface area contributed by atoms with Gasteiger partial charge in [0.15, 0.2) is 0 Å². The van der Waals surface area contributed by atoms with E-state index >= 15 is 0 Å². The van der Waals surface area contributed by atoms with Crippen LogP contribution in [-0.4, -0.2) is 68.9 Å². The number of ether oxygens (including phenoxy) is 1. The highest BCUT2D eigenvalue weighted by Crippen LogP contribution is 2.18. The van der Waals surface area contributed by atoms with Crippen molar-refractivity contribution in [1.82, 2.24) is 29.5 Å². The first-order valence-electron chi connectivity index (χ1n) is 7.24. The predicted octanol–water partition coefficient (Wildman–Crippen LogP) is 1.37. The lowest BCUT2D eigenvalue weighted by Gasteiger charge is -2.31. The van der Waals surface area contributed by atoms with Gasteiger partial charge in [0.05, 0.1) is 5.02 Å². The van der Waals surface area contributed by atoms with Crippen molar-refractivity contribution in [3.63, 3.8) is 0 Å². The minimum Gasteiger partial charge on any atom is -0.374 e. The van der Waals surface area contributed by atoms with Crippen LogP contribution in [0.2, 0.25) is 5.02 Å². The molecule has 0 aliphatic carbocycles. The van der Waals surface area contributed by atoms with Gasteiger partial charge in [-0.3, -0.25) is 0 Å². The molecule has 9 heteroatoms. The minimum absolute atomic E-state index is 0.0984. The number of aromatic nitrogens is 4. The Labute approximate surface area is 138 Å². The number of likely N-dealkylation sites (N-methyl/N-ethyl adjacent to an activating group) is 1. The Kier molecular flexibility index (Phi) is 4.44. The van der Waals surface area contributed by atoms with Crippen molar-refractivity contribution in [3.05, 3.63) is 29.2 Å². The third-order valence-corrected chi connectivity index (χ3v) is 3.90. The van der Waals surface area contributed by atoms with Gasteiger partial charge < -0.3 is 14.5 Å². The molecule has 1 amide bonds. The summed E-state index contributed by atoms with van der Waals surface area (Å²) in [6.45, 7) is 4.65. The van der Waals surface area contributed by atoms with Crippen molar-refractivity contribution < 1.29 is 9.53 Å². The van der Waals surface area contributed by atoms with Crippen molar-refractivity contribution >= 4 is 17.7 Å². The third kappa shape index (κ3) is 3.43. The van der Waals surface area contributed by atoms with Crippen molar-refractivity contribution in [3.8, 4) is 11.8 Å². The average molecular weight is 337 g/mol. The summed E-state index contributed by atoms with van der Waals surface area (Å²) < 4.78 is 6.98. The number of aryl methyl sites for hydroxylation is 1. The molecule has 122 valence electrons. The van der Waals surface area contributed by atoms with E-state index in [1.807, 2.05) is 7.05 Å². The summed E-state index contributed by atoms with van der Waals surface area (Å²) in [5.41, 5.74) is 0. The Morgan fingerprint density at radius 2 is 1.96 bits per heavy atom. The molecule has 0 N–H and O–H groups in total. The summed E-state index contributed by atoms with van der Waals surface area (Å²) in [6, 6.07) is 3.52. The van der Waals surface area contributed by atoms with E-state index in [2.05, 4.69) is 20.1 Å². The molecule has 23 heavy (non-hydrogen) atoms. The Morgan fingerprint density at radius 3 is 2.61 bits per heavy atom. The zero-order chi connectivity index (χ0) is 16.4. The first kappa shape index (κ1) is 15.7. The maximum Gasteiger partial charge on any atom is 0.417 e. The number of hydrogen-bond acceptors (Lipinski definition) is 6. The van der Waals surface area contributed by atoms with Crippen LogP contribution in [0.1, 0.15) is 5.82 Å². The number of carbonyl (C=O) groups is 1. The van der Waals surface area contributed by atoms with E-state index in [0.717, 1.165) is 13.1 Å². The van der Waals surface area contributed by atoms with Gasteiger partial charge in [-0.15, -0.1) is 5.10 Å². The maximum absolute atomic E-state index is 12.3. The molecule has 2 aromatic rings. The first-order chi connectivity index (χ1) is 11.0. The van der Waals surface area contributed by atoms with Gasteiger partial charge in [0, 0.05) is 32.4 Å². The van der Waals surface area contributed by atoms with Crippen LogP contribution in [0.15, 0.2) is 18.3 Å². The molecule has 0 atom stereocenters. The average Bonchev–Trinajstić information content (AvgIpc) is 2.89. The summed E-state index contributed by atoms with van der Waals surface area (Å²) in [4.78, 5) is 20.3. The molecule has 1 aliphatic heterocycles. The van der Waals surface area contributed by atoms with Crippen molar-refractivity contribution in [2.75, 3.05) is 33.2 Å². The van der Waals surface area contributed by atoms with Crippen LogP contribution in [-0.2, 0) is 0 Å². The van der Waals surface area contributed by atoms with Gasteiger partial charge in [-0.05, 0) is 26.1 Å². The van der Waals surface area contributed by atoms with E-state index in [1.54, 1.807) is 28.5 Å². The molecule has 2 aromatic heterocycles. The highest BCUT2D eigenvalue weighted by Gasteiger charge is 2.23. The van der Waals surface area contributed by atoms with Crippen molar-refractivity contribution in [2.24, 2.45) is 0 Å². The van der Waals surface area contributed by atoms with E-state index in [4.69, 9.17) is 16.3 Å². The van der Waals surface area contributed by atoms with Crippen LogP contribution >= 0.6 is 11.6 Å². The normalized spacial score (nSPS) is 15.7. The summed E-state index contributed by atoms with van der Waals surface area (Å²) in [5.74, 6) is 1.11. The van der Waals surface area contributed by atoms with E-state index in [-0.39, 0.29) is 6.01 Å². The molecular formula is C14H17ClN6O2. The van der Waals surface area contributed by atoms with Crippen LogP contribution < -0.4 is 4.74 Å². The maximum atomic E-state index is 12.3. The number of hydrogen-bond donors (Lipinski definition) is 0. The number of pyridine rings is 1. The van der Waals surface area contributed by atoms with Crippen LogP contribution in [0.4, 0.5) is 4.79 Å². The largest absolute Gasteiger partial charge is 0.417 e. The van der Waals surface area contributed by atoms with Crippen LogP contribution in [0.25, 0.3) is 5.82 Å². The fourth-order valence-electron chi connectivity index (χ4n) is 2.30. The lowest BCUT2D eigenvalue weighted by molar-refractivity contribution is 0.117. The number of halogens is 1. The van der Waals surface area contributed by atoms with Gasteiger partial charge in [-0.25, -0.2) is 14.3 Å². The third-order valence-electron chi connectivity index (χ3n) is 3.68. The zero-order valence-corrected chi connectivity index (χ0v) is 13.7. The SMILES string of the molecule is Cc1nnc(OC(=O)N2CCN(C)CC2)n1-c1ccc(Cl)cn1. The Morgan fingerprint density at radius 1 is 1.22 bits per heavy atom. The first-order valence-corrected chi connectivity index (χ1v) is 7.61. The number of carbonyl (C=O) groups excluding carboxylic acids is 1. The summed E-state index contributed by atoms with van der Waals surface area (Å²) in [5, 5.41) is 8.41. The topological polar surface area (TPSA) is 76.4 Å². The van der Waals surface area contributed by atoms with Crippen LogP contribution in [0.3, 0.4) is 0 Å². The molecular weight excluding hydrogens is 320 g/mol. The predicted molar refractivity (Wildman–Crippen MR) is 84.0 cm³/mol. The molecule has 0 unspecified atom stereocenters. The van der Waals surface area contributed by atoms with E-state index in [1.165, 1.54) is 6.20 Å². The molecule has 1 fully saturated rings. The van der Waals surface area contributed by atoms with Crippen LogP contribution in [0.5, 0.6) is 6.01 Å². The Balaban J connectivity index is 1.78. The fourth-order valence-corrected chi connectivity index (χ4v) is 2.42. The van der Waals surface area contributed by atoms with E-state index in [9.17, 15) is 4.79 Å². The lowest BCUT2D eigenvalue weighted by atomic mass is 10.3. The quantitative estimate of drug-likeness (QED) is 0.824. The second-order valence-corrected chi connectivity index (χ2v) is 5.79. The Bertz CT molecular complexity index is 694. The highest BCUT2D eigenvalue weighted by atomic mass is 35.5. The minimum atomic E-state index is -0.430. The summed E-state index contributed by atoms with van der Waals surface area (Å²) in [6.07, 6.45) is 1.09. The molecule has 8 nitrogen and oxygen atoms in total. The van der Waals surface area contributed by atoms with Crippen molar-refractivity contribution in [2.45, 2.75) is 6.92 Å². The van der Waals surface area contributed by atoms with Gasteiger partial charge in [0.1, 0.15) is 11.6 Å². The van der Waals surface area contributed by atoms with Crippen LogP contribution in [0, 0.1) is 6.92 Å². The molecule has 0 saturated carbocycles. The van der Waals surface area contributed by atoms with Gasteiger partial charge in [-0.2, -0.15) is 0 Å². The van der Waals surface area contributed by atoms with Gasteiger partial charge in [-0.1, -0.05) is 16.7 Å². The van der Waals surface area contributed by atoms with Gasteiger partial charge >= 0.3 is 12.1 Å². The summed E-state index contributed by atoms with van der Waals surface area (Å²) in [7, 11) is 2.02. The highest BCUT2D eigenvalue weighted by molar-refractivity contribution is 6.30. The second-order valence-electron chi connectivity index (χ2n) is 5.36. The van der Waals surface area contributed by atoms with Gasteiger partial charge in [0.2, 0.25) is 0 Å². The molecule has 0 bridgehead atoms. The summed E-state index contributed by atoms with van der Waals surface area (Å²) >= 11 is 5.85. The number of rotatable bonds is 2. The number of amides is 1. The van der Waals surface area contributed by atoms with E-state index in [0.29, 0.717) is 29.8 Å². The molecule has 1 saturated heterocycles. The molecule has 0 radical (unpaired) electrons. The fraction of sp³-hybridized carbons (Fsp3) is 0.429. The number of piperazine rings is 1. The van der Waals surface area contributed by atoms with Crippen molar-refractivity contribution in [1.29, 1.82) is 0 Å². The molecule has 0 spiro atoms. The molecule has 3 heterocycles. The zero-order valence-electron chi connectivity index (χ0n) is 12.9. The molecule has 0 aromatic carbocycles. The lowest BCUT2D eigenvalue weighted by Crippen LogP contribution is -2.48. The van der Waals surface area contributed by atoms with E-state index < -0.39 is 6.09 Å². The smallest absolute Gasteiger partial charge is 0.374 e. The number of nitrogens with zero attached hydrogens (tertiary/aromatic N) is 6. The Hall–Kier alpha value is -2.19.